The number of aromatic hydroxyl groups is 2. The van der Waals surface area contributed by atoms with Crippen LogP contribution < -0.4 is 5.32 Å². The molecular formula is C16H14ClNO6. The summed E-state index contributed by atoms with van der Waals surface area (Å²) in [5, 5.41) is 30.1. The SMILES string of the molecule is O=C(NC(Cl)(C(=O)O)c1ccc(O)c(O)c1)OCc1ccccc1. The lowest BCUT2D eigenvalue weighted by Crippen LogP contribution is -2.47. The third-order valence-corrected chi connectivity index (χ3v) is 3.63. The van der Waals surface area contributed by atoms with Gasteiger partial charge >= 0.3 is 12.1 Å². The van der Waals surface area contributed by atoms with Gasteiger partial charge in [-0.25, -0.2) is 9.59 Å². The Morgan fingerprint density at radius 2 is 1.75 bits per heavy atom. The molecule has 1 atom stereocenters. The Morgan fingerprint density at radius 1 is 1.08 bits per heavy atom. The highest BCUT2D eigenvalue weighted by Gasteiger charge is 2.41. The van der Waals surface area contributed by atoms with Crippen molar-refractivity contribution in [2.45, 2.75) is 11.6 Å². The number of carboxylic acids is 1. The summed E-state index contributed by atoms with van der Waals surface area (Å²) in [6.45, 7) is -0.0694. The summed E-state index contributed by atoms with van der Waals surface area (Å²) < 4.78 is 4.94. The fraction of sp³-hybridized carbons (Fsp3) is 0.125. The number of phenolic OH excluding ortho intramolecular Hbond substituents is 2. The minimum Gasteiger partial charge on any atom is -0.504 e. The maximum absolute atomic E-state index is 11.9. The van der Waals surface area contributed by atoms with Crippen molar-refractivity contribution in [3.63, 3.8) is 0 Å². The van der Waals surface area contributed by atoms with E-state index in [2.05, 4.69) is 0 Å². The van der Waals surface area contributed by atoms with Crippen molar-refractivity contribution >= 4 is 23.7 Å². The number of alkyl halides is 1. The molecule has 0 heterocycles. The summed E-state index contributed by atoms with van der Waals surface area (Å²) in [5.74, 6) is -2.60. The predicted octanol–water partition coefficient (Wildman–Crippen LogP) is 2.50. The number of benzene rings is 2. The van der Waals surface area contributed by atoms with E-state index in [9.17, 15) is 24.9 Å². The van der Waals surface area contributed by atoms with Gasteiger partial charge in [0, 0.05) is 5.56 Å². The van der Waals surface area contributed by atoms with Gasteiger partial charge in [0.1, 0.15) is 6.61 Å². The molecule has 0 aromatic heterocycles. The number of halogens is 1. The molecule has 7 nitrogen and oxygen atoms in total. The van der Waals surface area contributed by atoms with Crippen LogP contribution >= 0.6 is 11.6 Å². The molecule has 0 aliphatic carbocycles. The van der Waals surface area contributed by atoms with Gasteiger partial charge < -0.3 is 20.1 Å². The maximum Gasteiger partial charge on any atom is 0.409 e. The standard InChI is InChI=1S/C16H14ClNO6/c17-16(14(21)22,11-6-7-12(19)13(20)8-11)18-15(23)24-9-10-4-2-1-3-5-10/h1-8,19-20H,9H2,(H,18,23)(H,21,22). The zero-order valence-electron chi connectivity index (χ0n) is 12.3. The summed E-state index contributed by atoms with van der Waals surface area (Å²) in [6.07, 6.45) is -1.05. The number of phenols is 2. The molecule has 2 aromatic carbocycles. The number of hydrogen-bond donors (Lipinski definition) is 4. The summed E-state index contributed by atoms with van der Waals surface area (Å²) in [5.41, 5.74) is 0.564. The lowest BCUT2D eigenvalue weighted by atomic mass is 10.1. The first-order valence-corrected chi connectivity index (χ1v) is 7.14. The molecule has 1 amide bonds. The molecule has 24 heavy (non-hydrogen) atoms. The number of alkyl carbamates (subject to hydrolysis) is 1. The van der Waals surface area contributed by atoms with Crippen LogP contribution in [0.15, 0.2) is 48.5 Å². The highest BCUT2D eigenvalue weighted by Crippen LogP contribution is 2.33. The molecule has 0 aliphatic heterocycles. The molecule has 8 heteroatoms. The molecule has 0 radical (unpaired) electrons. The quantitative estimate of drug-likeness (QED) is 0.373. The molecule has 1 unspecified atom stereocenters. The van der Waals surface area contributed by atoms with Crippen LogP contribution in [0.3, 0.4) is 0 Å². The first-order chi connectivity index (χ1) is 11.3. The number of carboxylic acid groups (broad SMARTS) is 1. The van der Waals surface area contributed by atoms with Crippen molar-refractivity contribution in [2.75, 3.05) is 0 Å². The van der Waals surface area contributed by atoms with Gasteiger partial charge in [0.25, 0.3) is 0 Å². The van der Waals surface area contributed by atoms with Crippen molar-refractivity contribution in [1.82, 2.24) is 5.32 Å². The second-order valence-corrected chi connectivity index (χ2v) is 5.42. The largest absolute Gasteiger partial charge is 0.504 e. The van der Waals surface area contributed by atoms with E-state index in [0.717, 1.165) is 18.2 Å². The van der Waals surface area contributed by atoms with Crippen molar-refractivity contribution in [1.29, 1.82) is 0 Å². The molecule has 0 saturated heterocycles. The molecule has 126 valence electrons. The number of carbonyl (C=O) groups excluding carboxylic acids is 1. The smallest absolute Gasteiger partial charge is 0.409 e. The normalized spacial score (nSPS) is 12.9. The number of amides is 1. The van der Waals surface area contributed by atoms with Crippen LogP contribution in [-0.2, 0) is 21.1 Å². The lowest BCUT2D eigenvalue weighted by molar-refractivity contribution is -0.141. The van der Waals surface area contributed by atoms with Gasteiger partial charge in [-0.1, -0.05) is 48.0 Å². The molecule has 0 fully saturated rings. The minimum atomic E-state index is -2.36. The second kappa shape index (κ2) is 7.10. The summed E-state index contributed by atoms with van der Waals surface area (Å²) in [7, 11) is 0. The first-order valence-electron chi connectivity index (χ1n) is 6.76. The van der Waals surface area contributed by atoms with E-state index in [1.54, 1.807) is 30.3 Å². The Balaban J connectivity index is 2.13. The molecule has 2 rings (SSSR count). The van der Waals surface area contributed by atoms with E-state index < -0.39 is 28.6 Å². The predicted molar refractivity (Wildman–Crippen MR) is 84.7 cm³/mol. The highest BCUT2D eigenvalue weighted by atomic mass is 35.5. The van der Waals surface area contributed by atoms with Crippen molar-refractivity contribution in [2.24, 2.45) is 0 Å². The molecule has 0 aliphatic rings. The van der Waals surface area contributed by atoms with E-state index in [0.29, 0.717) is 5.56 Å². The fourth-order valence-corrected chi connectivity index (χ4v) is 2.08. The molecule has 0 saturated carbocycles. The minimum absolute atomic E-state index is 0.0694. The van der Waals surface area contributed by atoms with Crippen molar-refractivity contribution in [3.05, 3.63) is 59.7 Å². The number of rotatable bonds is 5. The van der Waals surface area contributed by atoms with Gasteiger partial charge in [0.2, 0.25) is 5.00 Å². The zero-order chi connectivity index (χ0) is 17.7. The average Bonchev–Trinajstić information content (AvgIpc) is 2.56. The van der Waals surface area contributed by atoms with Crippen LogP contribution in [0.25, 0.3) is 0 Å². The van der Waals surface area contributed by atoms with Crippen LogP contribution in [0, 0.1) is 0 Å². The van der Waals surface area contributed by atoms with E-state index in [1.165, 1.54) is 0 Å². The number of carbonyl (C=O) groups is 2. The Bertz CT molecular complexity index is 751. The van der Waals surface area contributed by atoms with Gasteiger partial charge in [0.15, 0.2) is 11.5 Å². The maximum atomic E-state index is 11.9. The van der Waals surface area contributed by atoms with Crippen LogP contribution in [-0.4, -0.2) is 27.4 Å². The Morgan fingerprint density at radius 3 is 2.33 bits per heavy atom. The monoisotopic (exact) mass is 351 g/mol. The molecule has 4 N–H and O–H groups in total. The third-order valence-electron chi connectivity index (χ3n) is 3.15. The second-order valence-electron chi connectivity index (χ2n) is 4.85. The molecular weight excluding hydrogens is 338 g/mol. The highest BCUT2D eigenvalue weighted by molar-refractivity contribution is 6.34. The first kappa shape index (κ1) is 17.4. The van der Waals surface area contributed by atoms with E-state index >= 15 is 0 Å². The lowest BCUT2D eigenvalue weighted by Gasteiger charge is -2.24. The summed E-state index contributed by atoms with van der Waals surface area (Å²) in [6, 6.07) is 11.9. The number of nitrogens with one attached hydrogen (secondary N) is 1. The molecule has 2 aromatic rings. The van der Waals surface area contributed by atoms with Gasteiger partial charge in [-0.2, -0.15) is 0 Å². The summed E-state index contributed by atoms with van der Waals surface area (Å²) >= 11 is 6.00. The van der Waals surface area contributed by atoms with Crippen LogP contribution in [0.2, 0.25) is 0 Å². The zero-order valence-corrected chi connectivity index (χ0v) is 13.0. The Kier molecular flexibility index (Phi) is 5.15. The van der Waals surface area contributed by atoms with Crippen LogP contribution in [0.5, 0.6) is 11.5 Å². The van der Waals surface area contributed by atoms with Crippen molar-refractivity contribution < 1.29 is 29.6 Å². The Hall–Kier alpha value is -2.93. The van der Waals surface area contributed by atoms with Crippen molar-refractivity contribution in [3.8, 4) is 11.5 Å². The molecule has 0 spiro atoms. The van der Waals surface area contributed by atoms with Crippen LogP contribution in [0.1, 0.15) is 11.1 Å². The van der Waals surface area contributed by atoms with E-state index in [-0.39, 0.29) is 12.2 Å². The van der Waals surface area contributed by atoms with Gasteiger partial charge in [-0.3, -0.25) is 5.32 Å². The van der Waals surface area contributed by atoms with Crippen LogP contribution in [0.4, 0.5) is 4.79 Å². The summed E-state index contributed by atoms with van der Waals surface area (Å²) in [4.78, 5) is 21.0. The third kappa shape index (κ3) is 3.88. The number of ether oxygens (including phenoxy) is 1. The van der Waals surface area contributed by atoms with E-state index in [1.807, 2.05) is 5.32 Å². The fourth-order valence-electron chi connectivity index (χ4n) is 1.89. The topological polar surface area (TPSA) is 116 Å². The van der Waals surface area contributed by atoms with Gasteiger partial charge in [0.05, 0.1) is 0 Å². The number of hydrogen-bond acceptors (Lipinski definition) is 5. The Labute approximate surface area is 142 Å². The molecule has 0 bridgehead atoms. The number of aliphatic carboxylic acids is 1. The van der Waals surface area contributed by atoms with E-state index in [4.69, 9.17) is 16.3 Å². The van der Waals surface area contributed by atoms with Gasteiger partial charge in [-0.15, -0.1) is 0 Å². The average molecular weight is 352 g/mol. The van der Waals surface area contributed by atoms with Gasteiger partial charge in [-0.05, 0) is 17.7 Å².